The Labute approximate surface area is 101 Å². The summed E-state index contributed by atoms with van der Waals surface area (Å²) in [5, 5.41) is 13.0. The van der Waals surface area contributed by atoms with Gasteiger partial charge in [0, 0.05) is 31.5 Å². The predicted molar refractivity (Wildman–Crippen MR) is 66.6 cm³/mol. The molecule has 4 heteroatoms. The Morgan fingerprint density at radius 2 is 2.18 bits per heavy atom. The minimum absolute atomic E-state index is 0.336. The van der Waals surface area contributed by atoms with Crippen LogP contribution in [0.2, 0.25) is 0 Å². The van der Waals surface area contributed by atoms with E-state index in [1.165, 1.54) is 0 Å². The molecule has 1 aromatic carbocycles. The van der Waals surface area contributed by atoms with Crippen LogP contribution in [0.1, 0.15) is 17.0 Å². The second-order valence-corrected chi connectivity index (χ2v) is 4.19. The molecule has 2 aromatic rings. The Morgan fingerprint density at radius 3 is 2.88 bits per heavy atom. The van der Waals surface area contributed by atoms with E-state index in [0.29, 0.717) is 18.8 Å². The Balaban J connectivity index is 1.94. The number of aryl methyl sites for hydroxylation is 2. The molecule has 0 aliphatic carbocycles. The van der Waals surface area contributed by atoms with Crippen LogP contribution in [-0.4, -0.2) is 14.7 Å². The minimum atomic E-state index is 0.336. The van der Waals surface area contributed by atoms with Crippen LogP contribution in [0.25, 0.3) is 0 Å². The highest BCUT2D eigenvalue weighted by Gasteiger charge is 2.02. The van der Waals surface area contributed by atoms with Crippen LogP contribution < -0.4 is 5.32 Å². The summed E-state index contributed by atoms with van der Waals surface area (Å²) in [5.74, 6) is 1.32. The number of rotatable bonds is 4. The van der Waals surface area contributed by atoms with E-state index in [-0.39, 0.29) is 0 Å². The van der Waals surface area contributed by atoms with E-state index in [2.05, 4.69) is 10.3 Å². The summed E-state index contributed by atoms with van der Waals surface area (Å²) >= 11 is 0. The molecular weight excluding hydrogens is 214 g/mol. The molecule has 0 amide bonds. The normalized spacial score (nSPS) is 10.7. The Kier molecular flexibility index (Phi) is 3.44. The standard InChI is InChI=1S/C13H17N3O/c1-10-3-4-12(17)11(7-10)8-14-9-13-15-5-6-16(13)2/h3-7,14,17H,8-9H2,1-2H3. The molecule has 2 N–H and O–H groups in total. The largest absolute Gasteiger partial charge is 0.508 e. The van der Waals surface area contributed by atoms with Crippen molar-refractivity contribution in [2.45, 2.75) is 20.0 Å². The molecule has 1 aromatic heterocycles. The molecule has 0 aliphatic rings. The van der Waals surface area contributed by atoms with Crippen LogP contribution in [0.5, 0.6) is 5.75 Å². The minimum Gasteiger partial charge on any atom is -0.508 e. The first-order valence-electron chi connectivity index (χ1n) is 5.62. The highest BCUT2D eigenvalue weighted by molar-refractivity contribution is 5.35. The molecule has 0 spiro atoms. The van der Waals surface area contributed by atoms with Crippen molar-refractivity contribution < 1.29 is 5.11 Å². The fourth-order valence-corrected chi connectivity index (χ4v) is 1.73. The topological polar surface area (TPSA) is 50.1 Å². The van der Waals surface area contributed by atoms with Gasteiger partial charge in [-0.1, -0.05) is 17.7 Å². The lowest BCUT2D eigenvalue weighted by molar-refractivity contribution is 0.463. The third kappa shape index (κ3) is 2.85. The average Bonchev–Trinajstić information content (AvgIpc) is 2.70. The summed E-state index contributed by atoms with van der Waals surface area (Å²) in [4.78, 5) is 4.22. The van der Waals surface area contributed by atoms with Crippen LogP contribution in [0.3, 0.4) is 0 Å². The summed E-state index contributed by atoms with van der Waals surface area (Å²) in [6, 6.07) is 5.62. The van der Waals surface area contributed by atoms with E-state index in [4.69, 9.17) is 0 Å². The number of phenols is 1. The van der Waals surface area contributed by atoms with Gasteiger partial charge in [-0.15, -0.1) is 0 Å². The highest BCUT2D eigenvalue weighted by Crippen LogP contribution is 2.17. The number of hydrogen-bond donors (Lipinski definition) is 2. The van der Waals surface area contributed by atoms with Crippen molar-refractivity contribution in [3.8, 4) is 5.75 Å². The Hall–Kier alpha value is -1.81. The first-order chi connectivity index (χ1) is 8.16. The molecule has 1 heterocycles. The number of nitrogens with zero attached hydrogens (tertiary/aromatic N) is 2. The van der Waals surface area contributed by atoms with Gasteiger partial charge >= 0.3 is 0 Å². The highest BCUT2D eigenvalue weighted by atomic mass is 16.3. The zero-order valence-electron chi connectivity index (χ0n) is 10.1. The number of aromatic hydroxyl groups is 1. The summed E-state index contributed by atoms with van der Waals surface area (Å²) in [6.45, 7) is 3.35. The Morgan fingerprint density at radius 1 is 1.35 bits per heavy atom. The first kappa shape index (κ1) is 11.7. The molecule has 0 aliphatic heterocycles. The van der Waals surface area contributed by atoms with Crippen LogP contribution in [0.4, 0.5) is 0 Å². The number of imidazole rings is 1. The van der Waals surface area contributed by atoms with Gasteiger partial charge in [0.15, 0.2) is 0 Å². The van der Waals surface area contributed by atoms with Gasteiger partial charge in [-0.25, -0.2) is 4.98 Å². The maximum Gasteiger partial charge on any atom is 0.122 e. The molecular formula is C13H17N3O. The van der Waals surface area contributed by atoms with E-state index in [9.17, 15) is 5.11 Å². The smallest absolute Gasteiger partial charge is 0.122 e. The van der Waals surface area contributed by atoms with Gasteiger partial charge in [0.05, 0.1) is 6.54 Å². The molecule has 2 rings (SSSR count). The van der Waals surface area contributed by atoms with Crippen LogP contribution >= 0.6 is 0 Å². The van der Waals surface area contributed by atoms with Crippen molar-refractivity contribution in [3.63, 3.8) is 0 Å². The van der Waals surface area contributed by atoms with Crippen molar-refractivity contribution in [2.24, 2.45) is 7.05 Å². The van der Waals surface area contributed by atoms with E-state index in [1.54, 1.807) is 12.3 Å². The van der Waals surface area contributed by atoms with Gasteiger partial charge < -0.3 is 15.0 Å². The van der Waals surface area contributed by atoms with Crippen molar-refractivity contribution >= 4 is 0 Å². The zero-order valence-corrected chi connectivity index (χ0v) is 10.1. The quantitative estimate of drug-likeness (QED) is 0.842. The maximum atomic E-state index is 9.69. The van der Waals surface area contributed by atoms with E-state index in [0.717, 1.165) is 17.0 Å². The molecule has 0 bridgehead atoms. The molecule has 4 nitrogen and oxygen atoms in total. The molecule has 0 radical (unpaired) electrons. The van der Waals surface area contributed by atoms with Crippen LogP contribution in [0, 0.1) is 6.92 Å². The van der Waals surface area contributed by atoms with Gasteiger partial charge in [-0.3, -0.25) is 0 Å². The van der Waals surface area contributed by atoms with Gasteiger partial charge in [-0.05, 0) is 13.0 Å². The van der Waals surface area contributed by atoms with E-state index in [1.807, 2.05) is 36.9 Å². The lowest BCUT2D eigenvalue weighted by atomic mass is 10.1. The molecule has 0 fully saturated rings. The lowest BCUT2D eigenvalue weighted by Gasteiger charge is -2.07. The molecule has 90 valence electrons. The van der Waals surface area contributed by atoms with Crippen molar-refractivity contribution in [1.82, 2.24) is 14.9 Å². The molecule has 0 saturated heterocycles. The second kappa shape index (κ2) is 5.01. The van der Waals surface area contributed by atoms with Crippen LogP contribution in [0.15, 0.2) is 30.6 Å². The summed E-state index contributed by atoms with van der Waals surface area (Å²) in [6.07, 6.45) is 3.70. The van der Waals surface area contributed by atoms with Gasteiger partial charge in [0.1, 0.15) is 11.6 Å². The van der Waals surface area contributed by atoms with E-state index < -0.39 is 0 Å². The molecule has 0 atom stereocenters. The average molecular weight is 231 g/mol. The number of aromatic nitrogens is 2. The van der Waals surface area contributed by atoms with Crippen molar-refractivity contribution in [2.75, 3.05) is 0 Å². The summed E-state index contributed by atoms with van der Waals surface area (Å²) in [7, 11) is 1.97. The van der Waals surface area contributed by atoms with E-state index >= 15 is 0 Å². The lowest BCUT2D eigenvalue weighted by Crippen LogP contribution is -2.15. The van der Waals surface area contributed by atoms with Crippen LogP contribution in [-0.2, 0) is 20.1 Å². The SMILES string of the molecule is Cc1ccc(O)c(CNCc2nccn2C)c1. The summed E-state index contributed by atoms with van der Waals surface area (Å²) < 4.78 is 1.98. The third-order valence-electron chi connectivity index (χ3n) is 2.75. The van der Waals surface area contributed by atoms with Crippen molar-refractivity contribution in [3.05, 3.63) is 47.5 Å². The predicted octanol–water partition coefficient (Wildman–Crippen LogP) is 1.72. The van der Waals surface area contributed by atoms with Gasteiger partial charge in [0.2, 0.25) is 0 Å². The second-order valence-electron chi connectivity index (χ2n) is 4.19. The van der Waals surface area contributed by atoms with Gasteiger partial charge in [0.25, 0.3) is 0 Å². The number of benzene rings is 1. The van der Waals surface area contributed by atoms with Crippen molar-refractivity contribution in [1.29, 1.82) is 0 Å². The van der Waals surface area contributed by atoms with Gasteiger partial charge in [-0.2, -0.15) is 0 Å². The first-order valence-corrected chi connectivity index (χ1v) is 5.62. The molecule has 17 heavy (non-hydrogen) atoms. The fourth-order valence-electron chi connectivity index (χ4n) is 1.73. The zero-order chi connectivity index (χ0) is 12.3. The monoisotopic (exact) mass is 231 g/mol. The molecule has 0 unspecified atom stereocenters. The summed E-state index contributed by atoms with van der Waals surface area (Å²) in [5.41, 5.74) is 2.07. The number of phenolic OH excluding ortho intramolecular Hbond substituents is 1. The molecule has 0 saturated carbocycles. The number of hydrogen-bond acceptors (Lipinski definition) is 3. The fraction of sp³-hybridized carbons (Fsp3) is 0.308. The number of nitrogens with one attached hydrogen (secondary N) is 1. The Bertz CT molecular complexity index is 505. The third-order valence-corrected chi connectivity index (χ3v) is 2.75. The maximum absolute atomic E-state index is 9.69.